The van der Waals surface area contributed by atoms with E-state index in [0.717, 1.165) is 44.6 Å². The molecule has 156 valence electrons. The largest absolute Gasteiger partial charge is 0.420 e. The van der Waals surface area contributed by atoms with Crippen LogP contribution >= 0.6 is 0 Å². The van der Waals surface area contributed by atoms with Crippen molar-refractivity contribution in [3.05, 3.63) is 71.1 Å². The Morgan fingerprint density at radius 2 is 1.47 bits per heavy atom. The van der Waals surface area contributed by atoms with E-state index in [1.54, 1.807) is 13.0 Å². The molecule has 30 heavy (non-hydrogen) atoms. The first-order valence-corrected chi connectivity index (χ1v) is 10.4. The highest BCUT2D eigenvalue weighted by Gasteiger charge is 2.52. The number of alkyl halides is 3. The molecular formula is C24H23F3N2O. The molecule has 0 N–H and O–H groups in total. The average Bonchev–Trinajstić information content (AvgIpc) is 3.26. The number of aromatic nitrogens is 2. The smallest absolute Gasteiger partial charge is 0.417 e. The number of rotatable bonds is 3. The monoisotopic (exact) mass is 412 g/mol. The topological polar surface area (TPSA) is 38.9 Å². The number of aryl methyl sites for hydroxylation is 1. The van der Waals surface area contributed by atoms with E-state index in [9.17, 15) is 13.2 Å². The lowest BCUT2D eigenvalue weighted by Gasteiger charge is -2.52. The van der Waals surface area contributed by atoms with Crippen molar-refractivity contribution in [3.8, 4) is 11.5 Å². The fraction of sp³-hybridized carbons (Fsp3) is 0.417. The Kier molecular flexibility index (Phi) is 4.31. The molecule has 6 rings (SSSR count). The van der Waals surface area contributed by atoms with E-state index in [2.05, 4.69) is 34.5 Å². The van der Waals surface area contributed by atoms with Crippen LogP contribution in [0.3, 0.4) is 0 Å². The molecule has 0 unspecified atom stereocenters. The summed E-state index contributed by atoms with van der Waals surface area (Å²) >= 11 is 0. The molecule has 3 aliphatic rings. The first-order chi connectivity index (χ1) is 14.3. The van der Waals surface area contributed by atoms with Gasteiger partial charge in [-0.05, 0) is 68.6 Å². The summed E-state index contributed by atoms with van der Waals surface area (Å²) in [5.41, 5.74) is 1.14. The lowest BCUT2D eigenvalue weighted by molar-refractivity contribution is -0.137. The molecule has 0 spiro atoms. The molecule has 2 bridgehead atoms. The average molecular weight is 412 g/mol. The van der Waals surface area contributed by atoms with E-state index in [-0.39, 0.29) is 22.3 Å². The Morgan fingerprint density at radius 1 is 0.833 bits per heavy atom. The molecule has 0 radical (unpaired) electrons. The summed E-state index contributed by atoms with van der Waals surface area (Å²) in [5, 5.41) is 8.28. The predicted molar refractivity (Wildman–Crippen MR) is 107 cm³/mol. The summed E-state index contributed by atoms with van der Waals surface area (Å²) in [7, 11) is 0. The van der Waals surface area contributed by atoms with Gasteiger partial charge in [0.15, 0.2) is 0 Å². The lowest BCUT2D eigenvalue weighted by atomic mass is 9.52. The third-order valence-electron chi connectivity index (χ3n) is 7.22. The molecule has 3 aliphatic carbocycles. The second-order valence-corrected chi connectivity index (χ2v) is 8.89. The molecule has 3 aromatic rings. The molecule has 1 heterocycles. The quantitative estimate of drug-likeness (QED) is 0.486. The van der Waals surface area contributed by atoms with Crippen molar-refractivity contribution in [2.24, 2.45) is 0 Å². The Morgan fingerprint density at radius 3 is 2.10 bits per heavy atom. The fourth-order valence-electron chi connectivity index (χ4n) is 5.36. The van der Waals surface area contributed by atoms with Gasteiger partial charge in [0, 0.05) is 5.41 Å². The van der Waals surface area contributed by atoms with Crippen LogP contribution in [0.4, 0.5) is 13.2 Å². The van der Waals surface area contributed by atoms with Crippen LogP contribution in [0.5, 0.6) is 0 Å². The van der Waals surface area contributed by atoms with Crippen LogP contribution in [0, 0.1) is 6.92 Å². The molecule has 3 saturated carbocycles. The van der Waals surface area contributed by atoms with E-state index in [1.165, 1.54) is 11.6 Å². The minimum Gasteiger partial charge on any atom is -0.420 e. The van der Waals surface area contributed by atoms with Crippen molar-refractivity contribution in [1.29, 1.82) is 0 Å². The summed E-state index contributed by atoms with van der Waals surface area (Å²) in [6.45, 7) is 1.64. The molecule has 3 nitrogen and oxygen atoms in total. The van der Waals surface area contributed by atoms with Crippen molar-refractivity contribution in [3.63, 3.8) is 0 Å². The maximum Gasteiger partial charge on any atom is 0.417 e. The summed E-state index contributed by atoms with van der Waals surface area (Å²) in [6, 6.07) is 14.8. The molecular weight excluding hydrogens is 389 g/mol. The normalized spacial score (nSPS) is 26.1. The van der Waals surface area contributed by atoms with Crippen LogP contribution in [0.25, 0.3) is 11.5 Å². The minimum atomic E-state index is -4.47. The molecule has 6 heteroatoms. The summed E-state index contributed by atoms with van der Waals surface area (Å²) in [4.78, 5) is 0. The summed E-state index contributed by atoms with van der Waals surface area (Å²) in [6.07, 6.45) is 1.39. The van der Waals surface area contributed by atoms with Crippen molar-refractivity contribution in [2.45, 2.75) is 62.5 Å². The second-order valence-electron chi connectivity index (χ2n) is 8.89. The highest BCUT2D eigenvalue weighted by atomic mass is 19.4. The maximum atomic E-state index is 13.5. The van der Waals surface area contributed by atoms with Crippen LogP contribution in [-0.4, -0.2) is 10.2 Å². The van der Waals surface area contributed by atoms with E-state index in [4.69, 9.17) is 4.42 Å². The van der Waals surface area contributed by atoms with Crippen LogP contribution in [-0.2, 0) is 17.0 Å². The second kappa shape index (κ2) is 6.69. The van der Waals surface area contributed by atoms with E-state index < -0.39 is 11.7 Å². The number of halogens is 3. The van der Waals surface area contributed by atoms with Crippen molar-refractivity contribution >= 4 is 0 Å². The third-order valence-corrected chi connectivity index (χ3v) is 7.22. The lowest BCUT2D eigenvalue weighted by Crippen LogP contribution is -2.46. The van der Waals surface area contributed by atoms with Crippen LogP contribution in [0.1, 0.15) is 61.1 Å². The molecule has 2 aromatic carbocycles. The first-order valence-electron chi connectivity index (χ1n) is 10.4. The van der Waals surface area contributed by atoms with Gasteiger partial charge in [-0.3, -0.25) is 0 Å². The molecule has 0 saturated heterocycles. The molecule has 0 atom stereocenters. The van der Waals surface area contributed by atoms with Crippen molar-refractivity contribution in [2.75, 3.05) is 0 Å². The standard InChI is InChI=1S/C24H23F3N2O/c1-16-7-8-18(19(15-16)24(25,26)27)20-28-29-21(30-20)23-12-9-22(10-13-23,11-14-23)17-5-3-2-4-6-17/h2-8,15H,9-14H2,1H3. The predicted octanol–water partition coefficient (Wildman–Crippen LogP) is 6.61. The van der Waals surface area contributed by atoms with Crippen LogP contribution in [0.15, 0.2) is 52.9 Å². The van der Waals surface area contributed by atoms with Gasteiger partial charge in [-0.25, -0.2) is 0 Å². The zero-order valence-electron chi connectivity index (χ0n) is 16.8. The Labute approximate surface area is 173 Å². The maximum absolute atomic E-state index is 13.5. The summed E-state index contributed by atoms with van der Waals surface area (Å²) < 4.78 is 46.5. The van der Waals surface area contributed by atoms with Gasteiger partial charge in [-0.2, -0.15) is 13.2 Å². The zero-order chi connectivity index (χ0) is 21.0. The fourth-order valence-corrected chi connectivity index (χ4v) is 5.36. The highest BCUT2D eigenvalue weighted by Crippen LogP contribution is 2.58. The van der Waals surface area contributed by atoms with E-state index in [0.29, 0.717) is 11.5 Å². The van der Waals surface area contributed by atoms with E-state index in [1.807, 2.05) is 6.07 Å². The number of hydrogen-bond acceptors (Lipinski definition) is 3. The number of hydrogen-bond donors (Lipinski definition) is 0. The summed E-state index contributed by atoms with van der Waals surface area (Å²) in [5.74, 6) is 0.449. The van der Waals surface area contributed by atoms with E-state index >= 15 is 0 Å². The molecule has 0 aliphatic heterocycles. The number of nitrogens with zero attached hydrogens (tertiary/aromatic N) is 2. The van der Waals surface area contributed by atoms with Gasteiger partial charge in [0.25, 0.3) is 0 Å². The van der Waals surface area contributed by atoms with Gasteiger partial charge in [-0.15, -0.1) is 10.2 Å². The van der Waals surface area contributed by atoms with Gasteiger partial charge in [0.05, 0.1) is 11.1 Å². The number of benzene rings is 2. The Hall–Kier alpha value is -2.63. The minimum absolute atomic E-state index is 0.0443. The SMILES string of the molecule is Cc1ccc(-c2nnc(C34CCC(c5ccccc5)(CC3)CC4)o2)c(C(F)(F)F)c1. The van der Waals surface area contributed by atoms with Crippen LogP contribution in [0.2, 0.25) is 0 Å². The van der Waals surface area contributed by atoms with Crippen molar-refractivity contribution in [1.82, 2.24) is 10.2 Å². The first kappa shape index (κ1) is 19.3. The zero-order valence-corrected chi connectivity index (χ0v) is 16.8. The van der Waals surface area contributed by atoms with Gasteiger partial charge < -0.3 is 4.42 Å². The Bertz CT molecular complexity index is 1050. The van der Waals surface area contributed by atoms with Gasteiger partial charge in [-0.1, -0.05) is 42.0 Å². The Balaban J connectivity index is 1.45. The number of fused-ring (bicyclic) bond motifs is 3. The van der Waals surface area contributed by atoms with Crippen molar-refractivity contribution < 1.29 is 17.6 Å². The highest BCUT2D eigenvalue weighted by molar-refractivity contribution is 5.60. The van der Waals surface area contributed by atoms with Gasteiger partial charge >= 0.3 is 6.18 Å². The third kappa shape index (κ3) is 3.04. The van der Waals surface area contributed by atoms with Gasteiger partial charge in [0.1, 0.15) is 0 Å². The molecule has 3 fully saturated rings. The van der Waals surface area contributed by atoms with Gasteiger partial charge in [0.2, 0.25) is 11.8 Å². The van der Waals surface area contributed by atoms with Crippen LogP contribution < -0.4 is 0 Å². The molecule has 0 amide bonds. The molecule has 1 aromatic heterocycles.